The monoisotopic (exact) mass is 157 g/mol. The Labute approximate surface area is 67.0 Å². The van der Waals surface area contributed by atoms with Crippen molar-refractivity contribution in [1.82, 2.24) is 5.32 Å². The number of rotatable bonds is 1. The van der Waals surface area contributed by atoms with Gasteiger partial charge in [0.1, 0.15) is 0 Å². The van der Waals surface area contributed by atoms with E-state index in [1.54, 1.807) is 0 Å². The highest BCUT2D eigenvalue weighted by Gasteiger charge is 2.28. The molecule has 1 heterocycles. The number of nitrogens with one attached hydrogen (secondary N) is 1. The molecule has 0 aromatic rings. The molecule has 0 aromatic carbocycles. The fourth-order valence-corrected chi connectivity index (χ4v) is 2.98. The van der Waals surface area contributed by atoms with Crippen molar-refractivity contribution in [3.05, 3.63) is 0 Å². The van der Waals surface area contributed by atoms with Crippen LogP contribution in [0.4, 0.5) is 0 Å². The lowest BCUT2D eigenvalue weighted by Crippen LogP contribution is -2.40. The molecule has 0 bridgehead atoms. The van der Waals surface area contributed by atoms with E-state index in [2.05, 4.69) is 17.1 Å². The zero-order valence-corrected chi connectivity index (χ0v) is 7.12. The van der Waals surface area contributed by atoms with Gasteiger partial charge in [-0.2, -0.15) is 0 Å². The lowest BCUT2D eigenvalue weighted by Gasteiger charge is -2.36. The highest BCUT2D eigenvalue weighted by molar-refractivity contribution is 7.99. The summed E-state index contributed by atoms with van der Waals surface area (Å²) in [5.74, 6) is 2.40. The Balaban J connectivity index is 1.78. The van der Waals surface area contributed by atoms with E-state index in [1.807, 2.05) is 0 Å². The Kier molecular flexibility index (Phi) is 2.19. The van der Waals surface area contributed by atoms with Gasteiger partial charge < -0.3 is 5.32 Å². The first-order valence-electron chi connectivity index (χ1n) is 4.32. The Morgan fingerprint density at radius 3 is 2.60 bits per heavy atom. The smallest absolute Gasteiger partial charge is 0.0560 e. The van der Waals surface area contributed by atoms with Gasteiger partial charge in [-0.25, -0.2) is 0 Å². The predicted molar refractivity (Wildman–Crippen MR) is 46.2 cm³/mol. The van der Waals surface area contributed by atoms with Gasteiger partial charge in [-0.3, -0.25) is 0 Å². The molecule has 0 radical (unpaired) electrons. The first kappa shape index (κ1) is 6.99. The van der Waals surface area contributed by atoms with Crippen molar-refractivity contribution in [2.45, 2.75) is 31.1 Å². The largest absolute Gasteiger partial charge is 0.305 e. The van der Waals surface area contributed by atoms with Crippen molar-refractivity contribution in [3.63, 3.8) is 0 Å². The predicted octanol–water partition coefficient (Wildman–Crippen LogP) is 1.84. The van der Waals surface area contributed by atoms with E-state index in [1.165, 1.54) is 38.0 Å². The van der Waals surface area contributed by atoms with Crippen LogP contribution in [0.2, 0.25) is 0 Å². The summed E-state index contributed by atoms with van der Waals surface area (Å²) in [5, 5.41) is 4.41. The van der Waals surface area contributed by atoms with Crippen LogP contribution in [0.3, 0.4) is 0 Å². The van der Waals surface area contributed by atoms with Crippen LogP contribution in [0.1, 0.15) is 25.7 Å². The third-order valence-electron chi connectivity index (χ3n) is 2.54. The van der Waals surface area contributed by atoms with Crippen molar-refractivity contribution in [3.8, 4) is 0 Å². The number of thioether (sulfide) groups is 1. The summed E-state index contributed by atoms with van der Waals surface area (Å²) in [4.78, 5) is 0. The standard InChI is InChI=1S/C8H15NS/c1-3-7(4-1)8-9-5-2-6-10-8/h7-9H,1-6H2. The van der Waals surface area contributed by atoms with Crippen LogP contribution in [-0.4, -0.2) is 17.7 Å². The van der Waals surface area contributed by atoms with E-state index in [0.29, 0.717) is 0 Å². The van der Waals surface area contributed by atoms with E-state index in [9.17, 15) is 0 Å². The summed E-state index contributed by atoms with van der Waals surface area (Å²) in [6, 6.07) is 0. The summed E-state index contributed by atoms with van der Waals surface area (Å²) in [6.07, 6.45) is 5.80. The fraction of sp³-hybridized carbons (Fsp3) is 1.00. The molecule has 2 heteroatoms. The van der Waals surface area contributed by atoms with Gasteiger partial charge in [0.25, 0.3) is 0 Å². The van der Waals surface area contributed by atoms with Crippen LogP contribution in [0.15, 0.2) is 0 Å². The fourth-order valence-electron chi connectivity index (χ4n) is 1.63. The van der Waals surface area contributed by atoms with Gasteiger partial charge in [0.2, 0.25) is 0 Å². The molecule has 58 valence electrons. The minimum absolute atomic E-state index is 0.822. The molecular weight excluding hydrogens is 142 g/mol. The van der Waals surface area contributed by atoms with Gasteiger partial charge in [0.15, 0.2) is 0 Å². The normalized spacial score (nSPS) is 35.4. The van der Waals surface area contributed by atoms with Gasteiger partial charge in [-0.05, 0) is 37.5 Å². The molecule has 0 spiro atoms. The van der Waals surface area contributed by atoms with Crippen molar-refractivity contribution in [2.75, 3.05) is 12.3 Å². The van der Waals surface area contributed by atoms with Crippen LogP contribution in [0, 0.1) is 5.92 Å². The molecule has 2 fully saturated rings. The second-order valence-electron chi connectivity index (χ2n) is 3.29. The molecule has 2 rings (SSSR count). The van der Waals surface area contributed by atoms with E-state index in [0.717, 1.165) is 11.3 Å². The zero-order chi connectivity index (χ0) is 6.81. The molecule has 1 nitrogen and oxygen atoms in total. The zero-order valence-electron chi connectivity index (χ0n) is 6.31. The van der Waals surface area contributed by atoms with E-state index >= 15 is 0 Å². The molecule has 1 unspecified atom stereocenters. The van der Waals surface area contributed by atoms with Gasteiger partial charge in [0.05, 0.1) is 5.37 Å². The van der Waals surface area contributed by atoms with Crippen molar-refractivity contribution in [1.29, 1.82) is 0 Å². The maximum Gasteiger partial charge on any atom is 0.0560 e. The SMILES string of the molecule is C1CNC(C2CCC2)SC1. The number of hydrogen-bond acceptors (Lipinski definition) is 2. The van der Waals surface area contributed by atoms with Gasteiger partial charge in [-0.15, -0.1) is 11.8 Å². The lowest BCUT2D eigenvalue weighted by atomic mass is 9.85. The molecular formula is C8H15NS. The van der Waals surface area contributed by atoms with Crippen LogP contribution >= 0.6 is 11.8 Å². The number of hydrogen-bond donors (Lipinski definition) is 1. The molecule has 1 N–H and O–H groups in total. The summed E-state index contributed by atoms with van der Waals surface area (Å²) in [5.41, 5.74) is 0. The van der Waals surface area contributed by atoms with E-state index < -0.39 is 0 Å². The quantitative estimate of drug-likeness (QED) is 0.623. The first-order chi connectivity index (χ1) is 4.97. The molecule has 10 heavy (non-hydrogen) atoms. The first-order valence-corrected chi connectivity index (χ1v) is 5.37. The molecule has 1 saturated heterocycles. The Hall–Kier alpha value is 0.310. The summed E-state index contributed by atoms with van der Waals surface area (Å²) >= 11 is 2.14. The summed E-state index contributed by atoms with van der Waals surface area (Å²) in [7, 11) is 0. The highest BCUT2D eigenvalue weighted by atomic mass is 32.2. The van der Waals surface area contributed by atoms with Gasteiger partial charge in [-0.1, -0.05) is 6.42 Å². The van der Waals surface area contributed by atoms with E-state index in [4.69, 9.17) is 0 Å². The molecule has 0 aromatic heterocycles. The van der Waals surface area contributed by atoms with Crippen molar-refractivity contribution in [2.24, 2.45) is 5.92 Å². The maximum absolute atomic E-state index is 3.58. The second kappa shape index (κ2) is 3.14. The Morgan fingerprint density at radius 1 is 1.20 bits per heavy atom. The Bertz CT molecular complexity index is 106. The average molecular weight is 157 g/mol. The summed E-state index contributed by atoms with van der Waals surface area (Å²) < 4.78 is 0. The van der Waals surface area contributed by atoms with Crippen LogP contribution in [0.25, 0.3) is 0 Å². The van der Waals surface area contributed by atoms with Gasteiger partial charge in [0, 0.05) is 0 Å². The Morgan fingerprint density at radius 2 is 2.10 bits per heavy atom. The van der Waals surface area contributed by atoms with E-state index in [-0.39, 0.29) is 0 Å². The molecule has 1 aliphatic heterocycles. The topological polar surface area (TPSA) is 12.0 Å². The van der Waals surface area contributed by atoms with Crippen molar-refractivity contribution >= 4 is 11.8 Å². The van der Waals surface area contributed by atoms with Gasteiger partial charge >= 0.3 is 0 Å². The second-order valence-corrected chi connectivity index (χ2v) is 4.54. The van der Waals surface area contributed by atoms with Crippen LogP contribution in [0.5, 0.6) is 0 Å². The highest BCUT2D eigenvalue weighted by Crippen LogP contribution is 2.35. The maximum atomic E-state index is 3.58. The summed E-state index contributed by atoms with van der Waals surface area (Å²) in [6.45, 7) is 1.26. The third kappa shape index (κ3) is 1.32. The molecule has 1 aliphatic carbocycles. The van der Waals surface area contributed by atoms with Crippen LogP contribution < -0.4 is 5.32 Å². The van der Waals surface area contributed by atoms with Crippen LogP contribution in [-0.2, 0) is 0 Å². The molecule has 0 amide bonds. The third-order valence-corrected chi connectivity index (χ3v) is 3.98. The van der Waals surface area contributed by atoms with Crippen molar-refractivity contribution < 1.29 is 0 Å². The minimum atomic E-state index is 0.822. The molecule has 2 aliphatic rings. The minimum Gasteiger partial charge on any atom is -0.305 e. The average Bonchev–Trinajstić information content (AvgIpc) is 1.86. The molecule has 1 atom stereocenters. The molecule has 1 saturated carbocycles. The lowest BCUT2D eigenvalue weighted by molar-refractivity contribution is 0.280.